The molecule has 2 aliphatic heterocycles. The molecular weight excluding hydrogens is 238 g/mol. The van der Waals surface area contributed by atoms with Crippen LogP contribution in [-0.4, -0.2) is 31.2 Å². The van der Waals surface area contributed by atoms with Crippen molar-refractivity contribution >= 4 is 25.8 Å². The highest BCUT2D eigenvalue weighted by Gasteiger charge is 2.21. The molecular formula is C11H18N3S2+. The van der Waals surface area contributed by atoms with Crippen LogP contribution in [0.15, 0.2) is 0 Å². The van der Waals surface area contributed by atoms with Crippen LogP contribution in [0.5, 0.6) is 0 Å². The molecule has 3 heterocycles. The van der Waals surface area contributed by atoms with E-state index in [0.717, 1.165) is 0 Å². The van der Waals surface area contributed by atoms with Crippen molar-refractivity contribution in [2.45, 2.75) is 32.1 Å². The summed E-state index contributed by atoms with van der Waals surface area (Å²) in [4.78, 5) is 8.50. The molecule has 5 heteroatoms. The van der Waals surface area contributed by atoms with E-state index in [-0.39, 0.29) is 0 Å². The molecule has 1 aromatic heterocycles. The van der Waals surface area contributed by atoms with E-state index in [1.165, 1.54) is 68.2 Å². The molecule has 0 atom stereocenters. The normalized spacial score (nSPS) is 21.8. The minimum Gasteiger partial charge on any atom is -0.326 e. The summed E-state index contributed by atoms with van der Waals surface area (Å²) in [6.07, 6.45) is 6.74. The maximum atomic E-state index is 4.80. The Balaban J connectivity index is 1.85. The lowest BCUT2D eigenvalue weighted by atomic mass is 10.2. The Hall–Kier alpha value is -0.420. The third-order valence-corrected chi connectivity index (χ3v) is 5.61. The zero-order valence-electron chi connectivity index (χ0n) is 9.52. The summed E-state index contributed by atoms with van der Waals surface area (Å²) in [7, 11) is 3.71. The average Bonchev–Trinajstić information content (AvgIpc) is 3.01. The summed E-state index contributed by atoms with van der Waals surface area (Å²) in [6.45, 7) is 4.83. The molecule has 2 fully saturated rings. The van der Waals surface area contributed by atoms with Gasteiger partial charge in [-0.1, -0.05) is 0 Å². The SMILES string of the molecule is C1CC[N+](=c2nc(N3CCCC3)ss2)CC1. The highest BCUT2D eigenvalue weighted by atomic mass is 32.9. The van der Waals surface area contributed by atoms with Crippen molar-refractivity contribution in [2.24, 2.45) is 0 Å². The summed E-state index contributed by atoms with van der Waals surface area (Å²) in [5, 5.41) is 1.25. The molecule has 3 rings (SSSR count). The smallest absolute Gasteiger partial charge is 0.326 e. The Labute approximate surface area is 103 Å². The number of anilines is 1. The van der Waals surface area contributed by atoms with Gasteiger partial charge in [-0.25, -0.2) is 4.58 Å². The Morgan fingerprint density at radius 1 is 0.938 bits per heavy atom. The molecule has 16 heavy (non-hydrogen) atoms. The van der Waals surface area contributed by atoms with Gasteiger partial charge < -0.3 is 4.90 Å². The van der Waals surface area contributed by atoms with Crippen LogP contribution in [0.3, 0.4) is 0 Å². The van der Waals surface area contributed by atoms with Crippen LogP contribution in [-0.2, 0) is 0 Å². The molecule has 2 aliphatic rings. The van der Waals surface area contributed by atoms with Crippen LogP contribution < -0.4 is 14.3 Å². The monoisotopic (exact) mass is 256 g/mol. The molecule has 0 spiro atoms. The van der Waals surface area contributed by atoms with Crippen molar-refractivity contribution in [1.82, 2.24) is 9.56 Å². The van der Waals surface area contributed by atoms with Gasteiger partial charge in [0.05, 0.1) is 13.1 Å². The van der Waals surface area contributed by atoms with Crippen molar-refractivity contribution in [3.05, 3.63) is 4.80 Å². The fourth-order valence-electron chi connectivity index (χ4n) is 2.43. The van der Waals surface area contributed by atoms with E-state index in [2.05, 4.69) is 9.48 Å². The van der Waals surface area contributed by atoms with Crippen LogP contribution in [0.1, 0.15) is 32.1 Å². The van der Waals surface area contributed by atoms with E-state index in [1.807, 2.05) is 20.7 Å². The van der Waals surface area contributed by atoms with E-state index in [4.69, 9.17) is 4.98 Å². The predicted octanol–water partition coefficient (Wildman–Crippen LogP) is 1.76. The second-order valence-electron chi connectivity index (χ2n) is 4.59. The molecule has 0 saturated carbocycles. The Bertz CT molecular complexity index is 407. The largest absolute Gasteiger partial charge is 0.390 e. The van der Waals surface area contributed by atoms with Crippen molar-refractivity contribution < 1.29 is 0 Å². The van der Waals surface area contributed by atoms with Gasteiger partial charge in [-0.05, 0) is 42.4 Å². The number of aromatic nitrogens is 1. The minimum absolute atomic E-state index is 1.21. The zero-order chi connectivity index (χ0) is 10.8. The first-order chi connectivity index (χ1) is 7.93. The maximum absolute atomic E-state index is 4.80. The molecule has 1 aromatic rings. The van der Waals surface area contributed by atoms with Gasteiger partial charge in [-0.15, -0.1) is 0 Å². The first-order valence-electron chi connectivity index (χ1n) is 6.23. The van der Waals surface area contributed by atoms with Gasteiger partial charge in [0.1, 0.15) is 0 Å². The second-order valence-corrected chi connectivity index (χ2v) is 6.65. The lowest BCUT2D eigenvalue weighted by Crippen LogP contribution is -2.34. The number of hydrogen-bond donors (Lipinski definition) is 0. The molecule has 0 aliphatic carbocycles. The fraction of sp³-hybridized carbons (Fsp3) is 0.818. The third kappa shape index (κ3) is 2.15. The van der Waals surface area contributed by atoms with Gasteiger partial charge in [0.15, 0.2) is 0 Å². The van der Waals surface area contributed by atoms with Gasteiger partial charge in [-0.3, -0.25) is 0 Å². The summed E-state index contributed by atoms with van der Waals surface area (Å²) < 4.78 is 2.46. The molecule has 2 saturated heterocycles. The number of piperidine rings is 1. The quantitative estimate of drug-likeness (QED) is 0.563. The van der Waals surface area contributed by atoms with Gasteiger partial charge in [-0.2, -0.15) is 0 Å². The molecule has 0 unspecified atom stereocenters. The summed E-state index contributed by atoms with van der Waals surface area (Å²) >= 11 is 0. The predicted molar refractivity (Wildman–Crippen MR) is 70.3 cm³/mol. The number of nitrogens with zero attached hydrogens (tertiary/aromatic N) is 3. The summed E-state index contributed by atoms with van der Waals surface area (Å²) in [6, 6.07) is 0. The summed E-state index contributed by atoms with van der Waals surface area (Å²) in [5.74, 6) is 0. The minimum atomic E-state index is 1.21. The van der Waals surface area contributed by atoms with Gasteiger partial charge in [0.25, 0.3) is 0 Å². The maximum Gasteiger partial charge on any atom is 0.390 e. The fourth-order valence-corrected chi connectivity index (χ4v) is 4.77. The Morgan fingerprint density at radius 3 is 2.44 bits per heavy atom. The highest BCUT2D eigenvalue weighted by Crippen LogP contribution is 2.22. The lowest BCUT2D eigenvalue weighted by molar-refractivity contribution is 0.450. The van der Waals surface area contributed by atoms with Crippen LogP contribution in [0.2, 0.25) is 0 Å². The first kappa shape index (κ1) is 10.7. The molecule has 0 N–H and O–H groups in total. The Morgan fingerprint density at radius 2 is 1.69 bits per heavy atom. The molecule has 0 amide bonds. The topological polar surface area (TPSA) is 19.1 Å². The molecule has 0 aromatic carbocycles. The zero-order valence-corrected chi connectivity index (χ0v) is 11.2. The first-order valence-corrected chi connectivity index (χ1v) is 8.38. The average molecular weight is 256 g/mol. The molecule has 0 radical (unpaired) electrons. The van der Waals surface area contributed by atoms with Crippen molar-refractivity contribution in [3.8, 4) is 0 Å². The number of hydrogen-bond acceptors (Lipinski definition) is 4. The van der Waals surface area contributed by atoms with E-state index in [9.17, 15) is 0 Å². The number of rotatable bonds is 1. The van der Waals surface area contributed by atoms with E-state index >= 15 is 0 Å². The van der Waals surface area contributed by atoms with Crippen molar-refractivity contribution in [2.75, 3.05) is 31.1 Å². The molecule has 88 valence electrons. The van der Waals surface area contributed by atoms with Crippen LogP contribution in [0.4, 0.5) is 5.13 Å². The van der Waals surface area contributed by atoms with E-state index in [0.29, 0.717) is 0 Å². The highest BCUT2D eigenvalue weighted by molar-refractivity contribution is 7.69. The van der Waals surface area contributed by atoms with E-state index < -0.39 is 0 Å². The van der Waals surface area contributed by atoms with Crippen LogP contribution in [0, 0.1) is 0 Å². The molecule has 3 nitrogen and oxygen atoms in total. The summed E-state index contributed by atoms with van der Waals surface area (Å²) in [5.41, 5.74) is 0. The third-order valence-electron chi connectivity index (χ3n) is 3.39. The van der Waals surface area contributed by atoms with Gasteiger partial charge in [0.2, 0.25) is 0 Å². The van der Waals surface area contributed by atoms with Crippen molar-refractivity contribution in [3.63, 3.8) is 0 Å². The molecule has 0 bridgehead atoms. The standard InChI is InChI=1S/C11H18N3S2/c1-2-6-13(7-3-1)10-12-11(16-15-10)14-8-4-5-9-14/h1-9H2/q+1. The van der Waals surface area contributed by atoms with Crippen LogP contribution >= 0.6 is 20.7 Å². The van der Waals surface area contributed by atoms with E-state index in [1.54, 1.807) is 0 Å². The Kier molecular flexibility index (Phi) is 3.24. The van der Waals surface area contributed by atoms with Crippen molar-refractivity contribution in [1.29, 1.82) is 0 Å². The lowest BCUT2D eigenvalue weighted by Gasteiger charge is -2.10. The van der Waals surface area contributed by atoms with Gasteiger partial charge in [0, 0.05) is 28.4 Å². The second kappa shape index (κ2) is 4.84. The van der Waals surface area contributed by atoms with Gasteiger partial charge >= 0.3 is 9.93 Å². The van der Waals surface area contributed by atoms with Crippen LogP contribution in [0.25, 0.3) is 0 Å².